The van der Waals surface area contributed by atoms with E-state index in [4.69, 9.17) is 15.0 Å². The molecule has 0 N–H and O–H groups in total. The van der Waals surface area contributed by atoms with Gasteiger partial charge in [0, 0.05) is 0 Å². The van der Waals surface area contributed by atoms with E-state index in [1.807, 2.05) is 50.2 Å². The Hall–Kier alpha value is -1.97. The summed E-state index contributed by atoms with van der Waals surface area (Å²) in [5.41, 5.74) is 9.02. The smallest absolute Gasteiger partial charge is 1.00 e. The molecule has 0 radical (unpaired) electrons. The molecule has 0 unspecified atom stereocenters. The summed E-state index contributed by atoms with van der Waals surface area (Å²) in [6.45, 7) is 10.2. The van der Waals surface area contributed by atoms with Crippen LogP contribution in [0, 0.1) is 20.8 Å². The standard InChI is InChI=1S/C24H25N3.2ClH.Fe/c1-16-10-6-7-13-21(16)25-19(4)22-14-9-15-23(27-22)20(5)26-24-17(2)11-8-12-18(24)3;;;/h6-15H,1-5H3;2*1H;/q;;;+2/p-2. The van der Waals surface area contributed by atoms with Crippen LogP contribution in [0.4, 0.5) is 11.4 Å². The Morgan fingerprint density at radius 1 is 0.633 bits per heavy atom. The van der Waals surface area contributed by atoms with E-state index in [0.717, 1.165) is 39.7 Å². The van der Waals surface area contributed by atoms with E-state index in [0.29, 0.717) is 0 Å². The van der Waals surface area contributed by atoms with Gasteiger partial charge in [0.05, 0.1) is 34.2 Å². The van der Waals surface area contributed by atoms with E-state index in [1.165, 1.54) is 11.1 Å². The first kappa shape index (κ1) is 28.0. The quantitative estimate of drug-likeness (QED) is 0.390. The maximum absolute atomic E-state index is 4.84. The van der Waals surface area contributed by atoms with Crippen LogP contribution in [0.5, 0.6) is 0 Å². The second kappa shape index (κ2) is 12.7. The summed E-state index contributed by atoms with van der Waals surface area (Å²) in [4.78, 5) is 14.4. The van der Waals surface area contributed by atoms with Crippen molar-refractivity contribution in [3.05, 3.63) is 88.7 Å². The molecule has 1 aromatic heterocycles. The van der Waals surface area contributed by atoms with Gasteiger partial charge >= 0.3 is 17.1 Å². The molecular weight excluding hydrogens is 457 g/mol. The molecular formula is C24H25Cl2FeN3. The molecule has 30 heavy (non-hydrogen) atoms. The van der Waals surface area contributed by atoms with Gasteiger partial charge in [0.15, 0.2) is 0 Å². The van der Waals surface area contributed by atoms with Crippen LogP contribution < -0.4 is 24.8 Å². The molecule has 2 aromatic carbocycles. The summed E-state index contributed by atoms with van der Waals surface area (Å²) in [5, 5.41) is 0. The Morgan fingerprint density at radius 2 is 1.10 bits per heavy atom. The van der Waals surface area contributed by atoms with Gasteiger partial charge in [-0.15, -0.1) is 0 Å². The fourth-order valence-corrected chi connectivity index (χ4v) is 2.97. The van der Waals surface area contributed by atoms with Crippen molar-refractivity contribution in [2.24, 2.45) is 9.98 Å². The Balaban J connectivity index is 0.00000280. The van der Waals surface area contributed by atoms with Gasteiger partial charge < -0.3 is 24.8 Å². The van der Waals surface area contributed by atoms with Gasteiger partial charge in [0.1, 0.15) is 0 Å². The molecule has 1 heterocycles. The Kier molecular flexibility index (Phi) is 11.8. The summed E-state index contributed by atoms with van der Waals surface area (Å²) in [6.07, 6.45) is 0. The molecule has 3 rings (SSSR count). The predicted molar refractivity (Wildman–Crippen MR) is 115 cm³/mol. The molecule has 6 heteroatoms. The van der Waals surface area contributed by atoms with E-state index >= 15 is 0 Å². The normalized spacial score (nSPS) is 11.1. The zero-order valence-electron chi connectivity index (χ0n) is 17.7. The maximum atomic E-state index is 4.84. The minimum absolute atomic E-state index is 0. The van der Waals surface area contributed by atoms with Crippen molar-refractivity contribution in [1.29, 1.82) is 0 Å². The third-order valence-corrected chi connectivity index (χ3v) is 4.61. The first-order valence-corrected chi connectivity index (χ1v) is 9.16. The van der Waals surface area contributed by atoms with E-state index in [2.05, 4.69) is 45.0 Å². The van der Waals surface area contributed by atoms with Crippen molar-refractivity contribution in [3.8, 4) is 0 Å². The van der Waals surface area contributed by atoms with Crippen LogP contribution in [-0.2, 0) is 17.1 Å². The zero-order valence-corrected chi connectivity index (χ0v) is 20.3. The van der Waals surface area contributed by atoms with Gasteiger partial charge in [0.2, 0.25) is 0 Å². The SMILES string of the molecule is CC(=Nc1ccccc1C)c1cccc(C(C)=Nc2c(C)cccc2C)n1.[Cl-].[Cl-].[Fe+2]. The summed E-state index contributed by atoms with van der Waals surface area (Å²) in [7, 11) is 0. The number of para-hydroxylation sites is 2. The molecule has 0 aliphatic carbocycles. The number of aliphatic imine (C=N–C) groups is 2. The van der Waals surface area contributed by atoms with Crippen LogP contribution in [0.3, 0.4) is 0 Å². The molecule has 158 valence electrons. The second-order valence-corrected chi connectivity index (χ2v) is 6.83. The van der Waals surface area contributed by atoms with Gasteiger partial charge in [0.25, 0.3) is 0 Å². The molecule has 0 atom stereocenters. The molecule has 0 bridgehead atoms. The molecule has 0 saturated heterocycles. The molecule has 0 amide bonds. The van der Waals surface area contributed by atoms with E-state index in [9.17, 15) is 0 Å². The Morgan fingerprint density at radius 3 is 1.67 bits per heavy atom. The predicted octanol–water partition coefficient (Wildman–Crippen LogP) is 0.294. The topological polar surface area (TPSA) is 37.6 Å². The van der Waals surface area contributed by atoms with Crippen LogP contribution in [0.2, 0.25) is 0 Å². The molecule has 0 spiro atoms. The Labute approximate surface area is 202 Å². The third kappa shape index (κ3) is 6.78. The Bertz CT molecular complexity index is 1030. The number of halogens is 2. The number of aromatic nitrogens is 1. The number of hydrogen-bond acceptors (Lipinski definition) is 3. The first-order chi connectivity index (χ1) is 13.0. The number of benzene rings is 2. The number of rotatable bonds is 4. The number of nitrogens with zero attached hydrogens (tertiary/aromatic N) is 3. The van der Waals surface area contributed by atoms with Gasteiger partial charge in [-0.25, -0.2) is 4.98 Å². The fourth-order valence-electron chi connectivity index (χ4n) is 2.97. The maximum Gasteiger partial charge on any atom is 2.00 e. The average Bonchev–Trinajstić information content (AvgIpc) is 2.66. The number of hydrogen-bond donors (Lipinski definition) is 0. The summed E-state index contributed by atoms with van der Waals surface area (Å²) in [5.74, 6) is 0. The van der Waals surface area contributed by atoms with Gasteiger partial charge in [-0.05, 0) is 69.5 Å². The zero-order chi connectivity index (χ0) is 19.4. The molecule has 0 saturated carbocycles. The van der Waals surface area contributed by atoms with Crippen molar-refractivity contribution in [3.63, 3.8) is 0 Å². The summed E-state index contributed by atoms with van der Waals surface area (Å²) < 4.78 is 0. The van der Waals surface area contributed by atoms with Crippen molar-refractivity contribution in [2.45, 2.75) is 34.6 Å². The van der Waals surface area contributed by atoms with Gasteiger partial charge in [-0.1, -0.05) is 42.5 Å². The van der Waals surface area contributed by atoms with Crippen molar-refractivity contribution >= 4 is 22.8 Å². The van der Waals surface area contributed by atoms with Crippen LogP contribution in [-0.4, -0.2) is 16.4 Å². The van der Waals surface area contributed by atoms with Gasteiger partial charge in [-0.2, -0.15) is 0 Å². The van der Waals surface area contributed by atoms with Crippen LogP contribution in [0.25, 0.3) is 0 Å². The number of aryl methyl sites for hydroxylation is 3. The summed E-state index contributed by atoms with van der Waals surface area (Å²) in [6, 6.07) is 20.4. The van der Waals surface area contributed by atoms with Crippen LogP contribution in [0.1, 0.15) is 41.9 Å². The van der Waals surface area contributed by atoms with E-state index < -0.39 is 0 Å². The fraction of sp³-hybridized carbons (Fsp3) is 0.208. The van der Waals surface area contributed by atoms with Crippen molar-refractivity contribution < 1.29 is 41.9 Å². The van der Waals surface area contributed by atoms with Crippen molar-refractivity contribution in [1.82, 2.24) is 4.98 Å². The monoisotopic (exact) mass is 481 g/mol. The van der Waals surface area contributed by atoms with E-state index in [-0.39, 0.29) is 41.9 Å². The third-order valence-electron chi connectivity index (χ3n) is 4.61. The second-order valence-electron chi connectivity index (χ2n) is 6.83. The average molecular weight is 482 g/mol. The summed E-state index contributed by atoms with van der Waals surface area (Å²) >= 11 is 0. The molecule has 0 fully saturated rings. The van der Waals surface area contributed by atoms with Crippen molar-refractivity contribution in [2.75, 3.05) is 0 Å². The minimum Gasteiger partial charge on any atom is -1.00 e. The number of pyridine rings is 1. The van der Waals surface area contributed by atoms with E-state index in [1.54, 1.807) is 0 Å². The van der Waals surface area contributed by atoms with Gasteiger partial charge in [-0.3, -0.25) is 9.98 Å². The molecule has 3 aromatic rings. The molecule has 3 nitrogen and oxygen atoms in total. The first-order valence-electron chi connectivity index (χ1n) is 9.16. The minimum atomic E-state index is 0. The molecule has 0 aliphatic rings. The largest absolute Gasteiger partial charge is 2.00 e. The van der Waals surface area contributed by atoms with Crippen LogP contribution >= 0.6 is 0 Å². The van der Waals surface area contributed by atoms with Crippen LogP contribution in [0.15, 0.2) is 70.6 Å². The molecule has 0 aliphatic heterocycles.